The fraction of sp³-hybridized carbons (Fsp3) is 0.118. The number of carboxylic acid groups (broad SMARTS) is 1. The summed E-state index contributed by atoms with van der Waals surface area (Å²) in [5, 5.41) is 17.1. The summed E-state index contributed by atoms with van der Waals surface area (Å²) in [4.78, 5) is 15.4. The SMILES string of the molecule is O=C(O)c1ccc(-n2nc(-c3ccccn3)c3c2NCC3)cc1. The molecule has 0 saturated carbocycles. The van der Waals surface area contributed by atoms with E-state index in [1.54, 1.807) is 30.5 Å². The number of carboxylic acids is 1. The molecule has 0 saturated heterocycles. The first-order chi connectivity index (χ1) is 11.2. The highest BCUT2D eigenvalue weighted by Gasteiger charge is 2.24. The van der Waals surface area contributed by atoms with Gasteiger partial charge in [-0.3, -0.25) is 4.98 Å². The monoisotopic (exact) mass is 306 g/mol. The highest BCUT2D eigenvalue weighted by molar-refractivity contribution is 5.87. The van der Waals surface area contributed by atoms with Crippen molar-refractivity contribution in [1.82, 2.24) is 14.8 Å². The van der Waals surface area contributed by atoms with E-state index in [1.165, 1.54) is 0 Å². The van der Waals surface area contributed by atoms with Gasteiger partial charge in [-0.25, -0.2) is 9.48 Å². The van der Waals surface area contributed by atoms with Gasteiger partial charge in [-0.2, -0.15) is 5.10 Å². The van der Waals surface area contributed by atoms with Gasteiger partial charge in [0.2, 0.25) is 0 Å². The summed E-state index contributed by atoms with van der Waals surface area (Å²) >= 11 is 0. The van der Waals surface area contributed by atoms with Crippen molar-refractivity contribution in [2.24, 2.45) is 0 Å². The maximum absolute atomic E-state index is 11.0. The average Bonchev–Trinajstić information content (AvgIpc) is 3.18. The van der Waals surface area contributed by atoms with Gasteiger partial charge in [-0.05, 0) is 42.8 Å². The highest BCUT2D eigenvalue weighted by Crippen LogP contribution is 2.33. The van der Waals surface area contributed by atoms with E-state index >= 15 is 0 Å². The number of hydrogen-bond donors (Lipinski definition) is 2. The van der Waals surface area contributed by atoms with Gasteiger partial charge in [0.25, 0.3) is 0 Å². The number of nitrogens with one attached hydrogen (secondary N) is 1. The van der Waals surface area contributed by atoms with Crippen molar-refractivity contribution in [3.05, 3.63) is 59.8 Å². The first-order valence-electron chi connectivity index (χ1n) is 7.35. The van der Waals surface area contributed by atoms with Crippen LogP contribution in [0, 0.1) is 0 Å². The molecule has 0 unspecified atom stereocenters. The topological polar surface area (TPSA) is 80.0 Å². The molecule has 23 heavy (non-hydrogen) atoms. The van der Waals surface area contributed by atoms with E-state index < -0.39 is 5.97 Å². The molecule has 0 aliphatic carbocycles. The molecule has 6 heteroatoms. The summed E-state index contributed by atoms with van der Waals surface area (Å²) in [5.74, 6) is 0.0169. The Labute approximate surface area is 132 Å². The van der Waals surface area contributed by atoms with Gasteiger partial charge >= 0.3 is 5.97 Å². The molecular weight excluding hydrogens is 292 g/mol. The van der Waals surface area contributed by atoms with Crippen LogP contribution in [0.25, 0.3) is 17.1 Å². The van der Waals surface area contributed by atoms with Gasteiger partial charge in [0.15, 0.2) is 0 Å². The largest absolute Gasteiger partial charge is 0.478 e. The normalized spacial score (nSPS) is 12.7. The molecule has 0 spiro atoms. The zero-order chi connectivity index (χ0) is 15.8. The summed E-state index contributed by atoms with van der Waals surface area (Å²) in [6, 6.07) is 12.5. The quantitative estimate of drug-likeness (QED) is 0.777. The van der Waals surface area contributed by atoms with Crippen molar-refractivity contribution in [2.45, 2.75) is 6.42 Å². The number of aromatic carboxylic acids is 1. The first-order valence-corrected chi connectivity index (χ1v) is 7.35. The standard InChI is InChI=1S/C17H14N4O2/c22-17(23)11-4-6-12(7-5-11)21-16-13(8-10-19-16)15(20-21)14-3-1-2-9-18-14/h1-7,9,19H,8,10H2,(H,22,23). The molecule has 1 aromatic carbocycles. The van der Waals surface area contributed by atoms with E-state index in [0.717, 1.165) is 41.4 Å². The summed E-state index contributed by atoms with van der Waals surface area (Å²) in [7, 11) is 0. The van der Waals surface area contributed by atoms with E-state index in [-0.39, 0.29) is 5.56 Å². The Morgan fingerprint density at radius 1 is 1.17 bits per heavy atom. The van der Waals surface area contributed by atoms with Gasteiger partial charge in [-0.1, -0.05) is 6.07 Å². The van der Waals surface area contributed by atoms with Crippen LogP contribution >= 0.6 is 0 Å². The lowest BCUT2D eigenvalue weighted by Gasteiger charge is -2.06. The van der Waals surface area contributed by atoms with Gasteiger partial charge in [0.05, 0.1) is 16.9 Å². The Morgan fingerprint density at radius 2 is 2.00 bits per heavy atom. The van der Waals surface area contributed by atoms with E-state index in [0.29, 0.717) is 0 Å². The van der Waals surface area contributed by atoms with Crippen LogP contribution < -0.4 is 5.32 Å². The molecule has 1 aliphatic rings. The lowest BCUT2D eigenvalue weighted by Crippen LogP contribution is -2.05. The lowest BCUT2D eigenvalue weighted by atomic mass is 10.1. The van der Waals surface area contributed by atoms with Crippen LogP contribution in [0.2, 0.25) is 0 Å². The number of aromatic nitrogens is 3. The van der Waals surface area contributed by atoms with Crippen molar-refractivity contribution in [3.63, 3.8) is 0 Å². The van der Waals surface area contributed by atoms with Crippen molar-refractivity contribution in [1.29, 1.82) is 0 Å². The van der Waals surface area contributed by atoms with E-state index in [4.69, 9.17) is 10.2 Å². The molecule has 2 aromatic heterocycles. The summed E-state index contributed by atoms with van der Waals surface area (Å²) in [5.41, 5.74) is 3.94. The molecule has 0 atom stereocenters. The third-order valence-electron chi connectivity index (χ3n) is 3.92. The minimum absolute atomic E-state index is 0.260. The second kappa shape index (κ2) is 5.24. The molecule has 0 amide bonds. The summed E-state index contributed by atoms with van der Waals surface area (Å²) < 4.78 is 1.82. The fourth-order valence-corrected chi connectivity index (χ4v) is 2.82. The highest BCUT2D eigenvalue weighted by atomic mass is 16.4. The van der Waals surface area contributed by atoms with Gasteiger partial charge in [0.1, 0.15) is 11.5 Å². The molecule has 4 rings (SSSR count). The third kappa shape index (κ3) is 2.24. The number of pyridine rings is 1. The molecule has 0 bridgehead atoms. The van der Waals surface area contributed by atoms with Crippen molar-refractivity contribution >= 4 is 11.8 Å². The number of hydrogen-bond acceptors (Lipinski definition) is 4. The maximum atomic E-state index is 11.0. The van der Waals surface area contributed by atoms with E-state index in [2.05, 4.69) is 10.3 Å². The van der Waals surface area contributed by atoms with Crippen molar-refractivity contribution < 1.29 is 9.90 Å². The third-order valence-corrected chi connectivity index (χ3v) is 3.92. The first kappa shape index (κ1) is 13.5. The predicted molar refractivity (Wildman–Crippen MR) is 85.9 cm³/mol. The Kier molecular flexibility index (Phi) is 3.08. The summed E-state index contributed by atoms with van der Waals surface area (Å²) in [6.45, 7) is 0.861. The minimum atomic E-state index is -0.936. The van der Waals surface area contributed by atoms with Gasteiger partial charge in [0, 0.05) is 18.3 Å². The molecule has 0 radical (unpaired) electrons. The Bertz CT molecular complexity index is 870. The molecule has 3 heterocycles. The molecular formula is C17H14N4O2. The minimum Gasteiger partial charge on any atom is -0.478 e. The average molecular weight is 306 g/mol. The smallest absolute Gasteiger partial charge is 0.335 e. The number of nitrogens with zero attached hydrogens (tertiary/aromatic N) is 3. The number of anilines is 1. The van der Waals surface area contributed by atoms with E-state index in [1.807, 2.05) is 22.9 Å². The van der Waals surface area contributed by atoms with Crippen LogP contribution in [-0.2, 0) is 6.42 Å². The molecule has 6 nitrogen and oxygen atoms in total. The second-order valence-electron chi connectivity index (χ2n) is 5.33. The molecule has 0 fully saturated rings. The molecule has 3 aromatic rings. The lowest BCUT2D eigenvalue weighted by molar-refractivity contribution is 0.0697. The van der Waals surface area contributed by atoms with Crippen molar-refractivity contribution in [3.8, 4) is 17.1 Å². The number of benzene rings is 1. The van der Waals surface area contributed by atoms with Crippen LogP contribution in [0.15, 0.2) is 48.7 Å². The van der Waals surface area contributed by atoms with Gasteiger partial charge < -0.3 is 10.4 Å². The Hall–Kier alpha value is -3.15. The van der Waals surface area contributed by atoms with Crippen molar-refractivity contribution in [2.75, 3.05) is 11.9 Å². The fourth-order valence-electron chi connectivity index (χ4n) is 2.82. The molecule has 1 aliphatic heterocycles. The van der Waals surface area contributed by atoms with Crippen LogP contribution in [0.4, 0.5) is 5.82 Å². The number of fused-ring (bicyclic) bond motifs is 1. The van der Waals surface area contributed by atoms with Gasteiger partial charge in [-0.15, -0.1) is 0 Å². The Balaban J connectivity index is 1.82. The molecule has 114 valence electrons. The summed E-state index contributed by atoms with van der Waals surface area (Å²) in [6.07, 6.45) is 2.65. The number of carbonyl (C=O) groups is 1. The van der Waals surface area contributed by atoms with Crippen LogP contribution in [-0.4, -0.2) is 32.4 Å². The second-order valence-corrected chi connectivity index (χ2v) is 5.33. The maximum Gasteiger partial charge on any atom is 0.335 e. The predicted octanol–water partition coefficient (Wildman–Crippen LogP) is 2.60. The van der Waals surface area contributed by atoms with E-state index in [9.17, 15) is 4.79 Å². The molecule has 2 N–H and O–H groups in total. The van der Waals surface area contributed by atoms with Crippen LogP contribution in [0.3, 0.4) is 0 Å². The van der Waals surface area contributed by atoms with Crippen LogP contribution in [0.1, 0.15) is 15.9 Å². The Morgan fingerprint density at radius 3 is 2.70 bits per heavy atom. The number of rotatable bonds is 3. The zero-order valence-corrected chi connectivity index (χ0v) is 12.2. The zero-order valence-electron chi connectivity index (χ0n) is 12.2. The van der Waals surface area contributed by atoms with Crippen LogP contribution in [0.5, 0.6) is 0 Å².